The number of carbonyl (C=O) groups is 5. The zero-order valence-corrected chi connectivity index (χ0v) is 16.4. The molecule has 1 aliphatic heterocycles. The number of likely N-dealkylation sites (tertiary alicyclic amines) is 1. The molecule has 0 aromatic rings. The zero-order chi connectivity index (χ0) is 20.8. The van der Waals surface area contributed by atoms with Crippen molar-refractivity contribution in [2.24, 2.45) is 11.8 Å². The van der Waals surface area contributed by atoms with Crippen molar-refractivity contribution in [3.63, 3.8) is 0 Å². The molecule has 0 radical (unpaired) electrons. The molecule has 0 bridgehead atoms. The Hall–Kier alpha value is -2.71. The van der Waals surface area contributed by atoms with Gasteiger partial charge in [0.1, 0.15) is 0 Å². The lowest BCUT2D eigenvalue weighted by Crippen LogP contribution is -2.46. The van der Waals surface area contributed by atoms with Gasteiger partial charge in [0.15, 0.2) is 6.61 Å². The van der Waals surface area contributed by atoms with E-state index in [0.29, 0.717) is 12.8 Å². The van der Waals surface area contributed by atoms with Gasteiger partial charge < -0.3 is 10.1 Å². The number of ether oxygens (including phenoxy) is 1. The topological polar surface area (TPSA) is 122 Å². The van der Waals surface area contributed by atoms with E-state index >= 15 is 0 Å². The van der Waals surface area contributed by atoms with E-state index in [9.17, 15) is 24.0 Å². The highest BCUT2D eigenvalue weighted by atomic mass is 16.5. The quantitative estimate of drug-likeness (QED) is 0.387. The first-order valence-corrected chi connectivity index (χ1v) is 10.2. The number of carbonyl (C=O) groups excluding carboxylic acids is 5. The summed E-state index contributed by atoms with van der Waals surface area (Å²) < 4.78 is 4.85. The Morgan fingerprint density at radius 2 is 1.62 bits per heavy atom. The summed E-state index contributed by atoms with van der Waals surface area (Å²) in [5, 5.41) is 4.87. The average Bonchev–Trinajstić information content (AvgIpc) is 2.96. The van der Waals surface area contributed by atoms with E-state index in [2.05, 4.69) is 10.6 Å². The number of fused-ring (bicyclic) bond motifs is 1. The van der Waals surface area contributed by atoms with Crippen molar-refractivity contribution in [1.82, 2.24) is 15.5 Å². The molecular weight excluding hydrogens is 378 g/mol. The summed E-state index contributed by atoms with van der Waals surface area (Å²) in [5.41, 5.74) is 0. The SMILES string of the molecule is O=C(COC(=O)CCN1C(=O)[C@H]2CC=CC[C@@H]2C1=O)NC(=O)NC1CCCCC1. The van der Waals surface area contributed by atoms with Crippen LogP contribution in [0.5, 0.6) is 0 Å². The van der Waals surface area contributed by atoms with Gasteiger partial charge in [0.05, 0.1) is 18.3 Å². The third-order valence-electron chi connectivity index (χ3n) is 5.70. The van der Waals surface area contributed by atoms with Gasteiger partial charge in [-0.15, -0.1) is 0 Å². The van der Waals surface area contributed by atoms with Crippen LogP contribution in [0.1, 0.15) is 51.4 Å². The maximum absolute atomic E-state index is 12.3. The summed E-state index contributed by atoms with van der Waals surface area (Å²) in [5.74, 6) is -2.61. The Labute approximate surface area is 169 Å². The van der Waals surface area contributed by atoms with Crippen molar-refractivity contribution in [2.45, 2.75) is 57.4 Å². The summed E-state index contributed by atoms with van der Waals surface area (Å²) in [7, 11) is 0. The Bertz CT molecular complexity index is 687. The van der Waals surface area contributed by atoms with Crippen molar-refractivity contribution >= 4 is 29.7 Å². The summed E-state index contributed by atoms with van der Waals surface area (Å²) in [6.07, 6.45) is 9.73. The van der Waals surface area contributed by atoms with E-state index in [1.807, 2.05) is 12.2 Å². The Morgan fingerprint density at radius 3 is 2.24 bits per heavy atom. The smallest absolute Gasteiger partial charge is 0.321 e. The Balaban J connectivity index is 1.34. The Kier molecular flexibility index (Phi) is 7.00. The van der Waals surface area contributed by atoms with Crippen LogP contribution in [0, 0.1) is 11.8 Å². The molecule has 0 aromatic carbocycles. The van der Waals surface area contributed by atoms with Crippen LogP contribution in [0.3, 0.4) is 0 Å². The van der Waals surface area contributed by atoms with E-state index < -0.39 is 24.5 Å². The zero-order valence-electron chi connectivity index (χ0n) is 16.4. The van der Waals surface area contributed by atoms with Crippen molar-refractivity contribution in [2.75, 3.05) is 13.2 Å². The molecule has 0 unspecified atom stereocenters. The summed E-state index contributed by atoms with van der Waals surface area (Å²) in [4.78, 5) is 61.2. The second-order valence-corrected chi connectivity index (χ2v) is 7.75. The minimum atomic E-state index is -0.725. The standard InChI is InChI=1S/C20H27N3O6/c24-16(22-20(28)21-13-6-2-1-3-7-13)12-29-17(25)10-11-23-18(26)14-8-4-5-9-15(14)19(23)27/h4-5,13-15H,1-3,6-12H2,(H2,21,22,24,28)/t14-,15-/m0/s1. The molecular formula is C20H27N3O6. The number of rotatable bonds is 6. The van der Waals surface area contributed by atoms with E-state index in [4.69, 9.17) is 4.74 Å². The molecule has 1 heterocycles. The molecule has 3 rings (SSSR count). The van der Waals surface area contributed by atoms with Crippen LogP contribution in [-0.4, -0.2) is 53.8 Å². The van der Waals surface area contributed by atoms with Crippen LogP contribution in [0.15, 0.2) is 12.2 Å². The number of esters is 1. The predicted octanol–water partition coefficient (Wildman–Crippen LogP) is 1.03. The van der Waals surface area contributed by atoms with Gasteiger partial charge in [0.25, 0.3) is 5.91 Å². The van der Waals surface area contributed by atoms with Crippen molar-refractivity contribution in [1.29, 1.82) is 0 Å². The largest absolute Gasteiger partial charge is 0.456 e. The van der Waals surface area contributed by atoms with Gasteiger partial charge in [-0.3, -0.25) is 29.4 Å². The summed E-state index contributed by atoms with van der Waals surface area (Å²) in [6, 6.07) is -0.532. The molecule has 0 spiro atoms. The van der Waals surface area contributed by atoms with E-state index in [0.717, 1.165) is 37.0 Å². The molecule has 3 aliphatic rings. The van der Waals surface area contributed by atoms with E-state index in [-0.39, 0.29) is 42.7 Å². The van der Waals surface area contributed by atoms with Gasteiger partial charge in [-0.25, -0.2) is 4.79 Å². The lowest BCUT2D eigenvalue weighted by Gasteiger charge is -2.22. The van der Waals surface area contributed by atoms with Gasteiger partial charge in [-0.2, -0.15) is 0 Å². The maximum Gasteiger partial charge on any atom is 0.321 e. The van der Waals surface area contributed by atoms with Crippen LogP contribution >= 0.6 is 0 Å². The first kappa shape index (κ1) is 21.0. The minimum absolute atomic E-state index is 0.0622. The number of hydrogen-bond acceptors (Lipinski definition) is 6. The average molecular weight is 405 g/mol. The monoisotopic (exact) mass is 405 g/mol. The molecule has 29 heavy (non-hydrogen) atoms. The normalized spacial score (nSPS) is 24.2. The van der Waals surface area contributed by atoms with Gasteiger partial charge in [0, 0.05) is 12.6 Å². The first-order valence-electron chi connectivity index (χ1n) is 10.2. The molecule has 158 valence electrons. The van der Waals surface area contributed by atoms with Crippen LogP contribution in [0.4, 0.5) is 4.79 Å². The molecule has 1 saturated carbocycles. The van der Waals surface area contributed by atoms with Crippen molar-refractivity contribution in [3.05, 3.63) is 12.2 Å². The lowest BCUT2D eigenvalue weighted by molar-refractivity contribution is -0.149. The number of imide groups is 2. The molecule has 9 heteroatoms. The number of nitrogens with one attached hydrogen (secondary N) is 2. The highest BCUT2D eigenvalue weighted by molar-refractivity contribution is 6.05. The number of allylic oxidation sites excluding steroid dienone is 2. The van der Waals surface area contributed by atoms with Crippen molar-refractivity contribution < 1.29 is 28.7 Å². The number of urea groups is 1. The molecule has 1 saturated heterocycles. The molecule has 2 N–H and O–H groups in total. The van der Waals surface area contributed by atoms with Crippen molar-refractivity contribution in [3.8, 4) is 0 Å². The number of nitrogens with zero attached hydrogens (tertiary/aromatic N) is 1. The van der Waals surface area contributed by atoms with Gasteiger partial charge in [-0.1, -0.05) is 31.4 Å². The van der Waals surface area contributed by atoms with Gasteiger partial charge in [-0.05, 0) is 25.7 Å². The van der Waals surface area contributed by atoms with Gasteiger partial charge >= 0.3 is 12.0 Å². The highest BCUT2D eigenvalue weighted by Gasteiger charge is 2.46. The molecule has 2 aliphatic carbocycles. The molecule has 0 aromatic heterocycles. The molecule has 5 amide bonds. The highest BCUT2D eigenvalue weighted by Crippen LogP contribution is 2.34. The van der Waals surface area contributed by atoms with E-state index in [1.165, 1.54) is 0 Å². The molecule has 9 nitrogen and oxygen atoms in total. The summed E-state index contributed by atoms with van der Waals surface area (Å²) in [6.45, 7) is -0.652. The lowest BCUT2D eigenvalue weighted by atomic mass is 9.85. The van der Waals surface area contributed by atoms with Gasteiger partial charge in [0.2, 0.25) is 11.8 Å². The fraction of sp³-hybridized carbons (Fsp3) is 0.650. The van der Waals surface area contributed by atoms with Crippen LogP contribution in [0.25, 0.3) is 0 Å². The minimum Gasteiger partial charge on any atom is -0.456 e. The maximum atomic E-state index is 12.3. The number of hydrogen-bond donors (Lipinski definition) is 2. The molecule has 2 atom stereocenters. The van der Waals surface area contributed by atoms with Crippen LogP contribution < -0.4 is 10.6 Å². The Morgan fingerprint density at radius 1 is 1.00 bits per heavy atom. The number of amides is 5. The predicted molar refractivity (Wildman–Crippen MR) is 101 cm³/mol. The fourth-order valence-electron chi connectivity index (χ4n) is 4.14. The van der Waals surface area contributed by atoms with Crippen LogP contribution in [0.2, 0.25) is 0 Å². The van der Waals surface area contributed by atoms with E-state index in [1.54, 1.807) is 0 Å². The first-order chi connectivity index (χ1) is 14.0. The van der Waals surface area contributed by atoms with Crippen LogP contribution in [-0.2, 0) is 23.9 Å². The fourth-order valence-corrected chi connectivity index (χ4v) is 4.14. The third kappa shape index (κ3) is 5.42. The second-order valence-electron chi connectivity index (χ2n) is 7.75. The molecule has 2 fully saturated rings. The third-order valence-corrected chi connectivity index (χ3v) is 5.70. The summed E-state index contributed by atoms with van der Waals surface area (Å²) >= 11 is 0. The second kappa shape index (κ2) is 9.67.